The predicted octanol–water partition coefficient (Wildman–Crippen LogP) is 13.6. The van der Waals surface area contributed by atoms with Gasteiger partial charge in [-0.05, 0) is 106 Å². The molecule has 3 heterocycles. The molecule has 11 aromatic rings. The van der Waals surface area contributed by atoms with E-state index in [1.54, 1.807) is 0 Å². The average molecular weight is 789 g/mol. The summed E-state index contributed by atoms with van der Waals surface area (Å²) in [6.07, 6.45) is 0. The summed E-state index contributed by atoms with van der Waals surface area (Å²) < 4.78 is 4.39. The molecule has 0 N–H and O–H groups in total. The van der Waals surface area contributed by atoms with Crippen LogP contribution in [0.25, 0.3) is 99.8 Å². The van der Waals surface area contributed by atoms with Crippen molar-refractivity contribution in [1.82, 2.24) is 14.1 Å². The van der Waals surface area contributed by atoms with E-state index in [1.807, 2.05) is 66.7 Å². The first-order chi connectivity index (χ1) is 30.6. The lowest BCUT2D eigenvalue weighted by Crippen LogP contribution is -2.04. The largest absolute Gasteiger partial charge is 0.294 e. The molecule has 0 saturated carbocycles. The van der Waals surface area contributed by atoms with Crippen LogP contribution in [0, 0.1) is 34.0 Å². The topological polar surface area (TPSA) is 94.1 Å². The molecule has 0 fully saturated rings. The minimum Gasteiger partial charge on any atom is -0.294 e. The van der Waals surface area contributed by atoms with E-state index in [4.69, 9.17) is 4.98 Å². The molecule has 0 atom stereocenters. The Morgan fingerprint density at radius 2 is 0.694 bits per heavy atom. The maximum Gasteiger partial charge on any atom is 0.140 e. The van der Waals surface area contributed by atoms with Gasteiger partial charge in [-0.2, -0.15) is 15.8 Å². The van der Waals surface area contributed by atoms with Gasteiger partial charge < -0.3 is 0 Å². The number of nitrogens with zero attached hydrogens (tertiary/aromatic N) is 6. The van der Waals surface area contributed by atoms with E-state index in [9.17, 15) is 15.8 Å². The van der Waals surface area contributed by atoms with Gasteiger partial charge >= 0.3 is 0 Å². The zero-order valence-corrected chi connectivity index (χ0v) is 33.2. The summed E-state index contributed by atoms with van der Waals surface area (Å²) >= 11 is 0. The lowest BCUT2D eigenvalue weighted by molar-refractivity contribution is 1.01. The molecular formula is C56H32N6. The maximum absolute atomic E-state index is 10.1. The minimum absolute atomic E-state index is 0.539. The van der Waals surface area contributed by atoms with Crippen molar-refractivity contribution in [2.45, 2.75) is 0 Å². The monoisotopic (exact) mass is 788 g/mol. The molecule has 0 amide bonds. The van der Waals surface area contributed by atoms with Crippen molar-refractivity contribution in [3.05, 3.63) is 211 Å². The first-order valence-electron chi connectivity index (χ1n) is 20.3. The first-order valence-corrected chi connectivity index (χ1v) is 20.3. The zero-order valence-electron chi connectivity index (χ0n) is 33.2. The second kappa shape index (κ2) is 14.7. The van der Waals surface area contributed by atoms with Crippen molar-refractivity contribution in [1.29, 1.82) is 15.8 Å². The number of para-hydroxylation sites is 2. The highest BCUT2D eigenvalue weighted by molar-refractivity contribution is 6.11. The third-order valence-corrected chi connectivity index (χ3v) is 11.9. The summed E-state index contributed by atoms with van der Waals surface area (Å²) in [4.78, 5) is 5.53. The molecule has 0 aliphatic carbocycles. The van der Waals surface area contributed by atoms with Crippen LogP contribution in [-0.2, 0) is 0 Å². The normalized spacial score (nSPS) is 11.2. The Balaban J connectivity index is 1.21. The number of hydrogen-bond donors (Lipinski definition) is 0. The van der Waals surface area contributed by atoms with Crippen LogP contribution < -0.4 is 0 Å². The second-order valence-electron chi connectivity index (χ2n) is 15.3. The Morgan fingerprint density at radius 3 is 1.16 bits per heavy atom. The van der Waals surface area contributed by atoms with Crippen molar-refractivity contribution in [2.75, 3.05) is 0 Å². The summed E-state index contributed by atoms with van der Waals surface area (Å²) in [7, 11) is 0. The van der Waals surface area contributed by atoms with Crippen LogP contribution in [-0.4, -0.2) is 14.1 Å². The highest BCUT2D eigenvalue weighted by atomic mass is 15.1. The van der Waals surface area contributed by atoms with Crippen molar-refractivity contribution in [3.8, 4) is 74.4 Å². The molecule has 0 radical (unpaired) electrons. The van der Waals surface area contributed by atoms with Gasteiger partial charge in [0.05, 0.1) is 57.0 Å². The molecule has 0 bridgehead atoms. The average Bonchev–Trinajstić information content (AvgIpc) is 3.86. The number of rotatable bonds is 6. The van der Waals surface area contributed by atoms with Crippen LogP contribution in [0.4, 0.5) is 0 Å². The number of aromatic nitrogens is 3. The number of nitriles is 3. The van der Waals surface area contributed by atoms with Crippen molar-refractivity contribution in [2.24, 2.45) is 0 Å². The van der Waals surface area contributed by atoms with Gasteiger partial charge in [0, 0.05) is 27.1 Å². The molecule has 8 aromatic carbocycles. The Morgan fingerprint density at radius 1 is 0.323 bits per heavy atom. The van der Waals surface area contributed by atoms with Gasteiger partial charge in [-0.25, -0.2) is 4.98 Å². The van der Waals surface area contributed by atoms with Crippen LogP contribution in [0.3, 0.4) is 0 Å². The fourth-order valence-electron chi connectivity index (χ4n) is 9.16. The molecule has 11 rings (SSSR count). The van der Waals surface area contributed by atoms with Gasteiger partial charge in [0.25, 0.3) is 0 Å². The molecule has 0 aliphatic rings. The quantitative estimate of drug-likeness (QED) is 0.168. The Hall–Kier alpha value is -9.02. The number of benzene rings is 8. The number of pyridine rings is 1. The zero-order chi connectivity index (χ0) is 41.7. The van der Waals surface area contributed by atoms with Crippen LogP contribution in [0.2, 0.25) is 0 Å². The standard InChI is InChI=1S/C56H32N6/c57-33-36-25-27-53-49(29-36)50-30-37(34-58)26-28-54(50)62(53)56-32-39(31-55(60-56)61-51-23-11-9-21-47(51)48-22-10-12-24-52(48)61)41-15-3-4-17-43(41)45-19-7-8-20-46(45)44-18-6-5-16-42(44)40-14-2-1-13-38(40)35-59/h1-32H. The number of fused-ring (bicyclic) bond motifs is 6. The SMILES string of the molecule is N#Cc1ccc2c(c1)c1cc(C#N)ccc1n2-c1cc(-c2ccccc2-c2ccccc2-c2ccccc2-c2ccccc2C#N)cc(-n2c3ccccc3c3ccccc32)n1. The fourth-order valence-corrected chi connectivity index (χ4v) is 9.16. The van der Waals surface area contributed by atoms with E-state index in [0.29, 0.717) is 22.5 Å². The highest BCUT2D eigenvalue weighted by Crippen LogP contribution is 2.43. The van der Waals surface area contributed by atoms with Crippen molar-refractivity contribution in [3.63, 3.8) is 0 Å². The van der Waals surface area contributed by atoms with Gasteiger partial charge in [0.1, 0.15) is 11.6 Å². The Labute approximate surface area is 357 Å². The fraction of sp³-hybridized carbons (Fsp3) is 0. The molecule has 286 valence electrons. The van der Waals surface area contributed by atoms with Gasteiger partial charge in [0.2, 0.25) is 0 Å². The molecule has 0 spiro atoms. The molecule has 3 aromatic heterocycles. The molecule has 0 unspecified atom stereocenters. The highest BCUT2D eigenvalue weighted by Gasteiger charge is 2.22. The van der Waals surface area contributed by atoms with Gasteiger partial charge in [-0.15, -0.1) is 0 Å². The van der Waals surface area contributed by atoms with Crippen molar-refractivity contribution >= 4 is 43.6 Å². The molecule has 6 nitrogen and oxygen atoms in total. The predicted molar refractivity (Wildman–Crippen MR) is 249 cm³/mol. The van der Waals surface area contributed by atoms with E-state index in [1.165, 1.54) is 0 Å². The molecule has 0 aliphatic heterocycles. The van der Waals surface area contributed by atoms with E-state index < -0.39 is 0 Å². The van der Waals surface area contributed by atoms with Gasteiger partial charge in [-0.3, -0.25) is 9.13 Å². The summed E-state index contributed by atoms with van der Waals surface area (Å²) in [5.74, 6) is 1.43. The minimum atomic E-state index is 0.539. The smallest absolute Gasteiger partial charge is 0.140 e. The van der Waals surface area contributed by atoms with Crippen molar-refractivity contribution < 1.29 is 0 Å². The third-order valence-electron chi connectivity index (χ3n) is 11.9. The van der Waals surface area contributed by atoms with E-state index >= 15 is 0 Å². The maximum atomic E-state index is 10.1. The summed E-state index contributed by atoms with van der Waals surface area (Å²) in [6.45, 7) is 0. The Bertz CT molecular complexity index is 3630. The molecule has 6 heteroatoms. The Kier molecular flexibility index (Phi) is 8.54. The van der Waals surface area contributed by atoms with Crippen LogP contribution >= 0.6 is 0 Å². The van der Waals surface area contributed by atoms with Gasteiger partial charge in [0.15, 0.2) is 0 Å². The third kappa shape index (κ3) is 5.74. The molecule has 0 saturated heterocycles. The lowest BCUT2D eigenvalue weighted by atomic mass is 9.86. The van der Waals surface area contributed by atoms with Crippen LogP contribution in [0.1, 0.15) is 16.7 Å². The molecule has 62 heavy (non-hydrogen) atoms. The van der Waals surface area contributed by atoms with E-state index in [-0.39, 0.29) is 0 Å². The first kappa shape index (κ1) is 36.1. The lowest BCUT2D eigenvalue weighted by Gasteiger charge is -2.19. The van der Waals surface area contributed by atoms with Gasteiger partial charge in [-0.1, -0.05) is 127 Å². The molecular weight excluding hydrogens is 757 g/mol. The summed E-state index contributed by atoms with van der Waals surface area (Å²) in [5.41, 5.74) is 13.5. The van der Waals surface area contributed by atoms with Crippen LogP contribution in [0.15, 0.2) is 194 Å². The summed E-state index contributed by atoms with van der Waals surface area (Å²) in [6, 6.07) is 72.6. The van der Waals surface area contributed by atoms with E-state index in [2.05, 4.69) is 155 Å². The summed E-state index contributed by atoms with van der Waals surface area (Å²) in [5, 5.41) is 34.0. The second-order valence-corrected chi connectivity index (χ2v) is 15.3. The number of hydrogen-bond acceptors (Lipinski definition) is 4. The van der Waals surface area contributed by atoms with Crippen LogP contribution in [0.5, 0.6) is 0 Å². The van der Waals surface area contributed by atoms with E-state index in [0.717, 1.165) is 93.9 Å².